The van der Waals surface area contributed by atoms with Crippen LogP contribution < -0.4 is 0 Å². The van der Waals surface area contributed by atoms with Crippen LogP contribution in [0.3, 0.4) is 0 Å². The Morgan fingerprint density at radius 2 is 1.76 bits per heavy atom. The molecule has 0 aliphatic carbocycles. The average molecular weight is 400 g/mol. The van der Waals surface area contributed by atoms with Crippen LogP contribution in [0, 0.1) is 6.92 Å². The highest BCUT2D eigenvalue weighted by Gasteiger charge is 2.28. The summed E-state index contributed by atoms with van der Waals surface area (Å²) in [6, 6.07) is 14.0. The van der Waals surface area contributed by atoms with Gasteiger partial charge in [0.1, 0.15) is 0 Å². The van der Waals surface area contributed by atoms with Crippen LogP contribution in [0.15, 0.2) is 46.9 Å². The molecule has 130 valence electrons. The maximum Gasteiger partial charge on any atom is 0.416 e. The molecule has 0 fully saturated rings. The summed E-state index contributed by atoms with van der Waals surface area (Å²) < 4.78 is 2.47. The number of aromatic nitrogens is 1. The standard InChI is InChI=1S/C21H22BrNO2/c1-13-5-10-17-16(11-13)19(21(2,3)4)18(23(17)20(24)25)12-14-6-8-15(22)9-7-14/h5-11H,12H2,1-4H3,(H,24,25). The topological polar surface area (TPSA) is 42.2 Å². The Kier molecular flexibility index (Phi) is 4.50. The van der Waals surface area contributed by atoms with E-state index >= 15 is 0 Å². The average Bonchev–Trinajstić information content (AvgIpc) is 2.82. The molecule has 0 spiro atoms. The lowest BCUT2D eigenvalue weighted by molar-refractivity contribution is 0.196. The summed E-state index contributed by atoms with van der Waals surface area (Å²) in [4.78, 5) is 12.1. The molecule has 3 rings (SSSR count). The van der Waals surface area contributed by atoms with Gasteiger partial charge in [-0.3, -0.25) is 0 Å². The zero-order valence-electron chi connectivity index (χ0n) is 14.9. The second kappa shape index (κ2) is 6.34. The fourth-order valence-corrected chi connectivity index (χ4v) is 3.74. The predicted octanol–water partition coefficient (Wildman–Crippen LogP) is 6.13. The van der Waals surface area contributed by atoms with Crippen molar-refractivity contribution in [2.45, 2.75) is 39.5 Å². The van der Waals surface area contributed by atoms with Crippen LogP contribution in [0.1, 0.15) is 43.2 Å². The number of fused-ring (bicyclic) bond motifs is 1. The van der Waals surface area contributed by atoms with Crippen LogP contribution in [-0.2, 0) is 11.8 Å². The van der Waals surface area contributed by atoms with Crippen molar-refractivity contribution in [1.29, 1.82) is 0 Å². The second-order valence-corrected chi connectivity index (χ2v) is 8.43. The summed E-state index contributed by atoms with van der Waals surface area (Å²) in [7, 11) is 0. The summed E-state index contributed by atoms with van der Waals surface area (Å²) in [6.45, 7) is 8.46. The van der Waals surface area contributed by atoms with Crippen molar-refractivity contribution in [3.05, 3.63) is 69.3 Å². The molecular formula is C21H22BrNO2. The number of carbonyl (C=O) groups is 1. The van der Waals surface area contributed by atoms with Crippen molar-refractivity contribution in [2.24, 2.45) is 0 Å². The Bertz CT molecular complexity index is 947. The number of hydrogen-bond acceptors (Lipinski definition) is 1. The first-order chi connectivity index (χ1) is 11.7. The van der Waals surface area contributed by atoms with Crippen LogP contribution in [0.5, 0.6) is 0 Å². The summed E-state index contributed by atoms with van der Waals surface area (Å²) in [5.41, 5.74) is 4.79. The molecule has 1 aromatic heterocycles. The fraction of sp³-hybridized carbons (Fsp3) is 0.286. The molecule has 0 aliphatic heterocycles. The van der Waals surface area contributed by atoms with Gasteiger partial charge in [-0.25, -0.2) is 9.36 Å². The van der Waals surface area contributed by atoms with Crippen molar-refractivity contribution in [1.82, 2.24) is 4.57 Å². The smallest absolute Gasteiger partial charge is 0.416 e. The van der Waals surface area contributed by atoms with E-state index in [1.807, 2.05) is 43.3 Å². The third kappa shape index (κ3) is 3.36. The van der Waals surface area contributed by atoms with Gasteiger partial charge in [-0.05, 0) is 47.7 Å². The van der Waals surface area contributed by atoms with Gasteiger partial charge in [0.15, 0.2) is 0 Å². The lowest BCUT2D eigenvalue weighted by atomic mass is 9.83. The Labute approximate surface area is 156 Å². The SMILES string of the molecule is Cc1ccc2c(c1)c(C(C)(C)C)c(Cc1ccc(Br)cc1)n2C(=O)O. The molecule has 0 aliphatic rings. The van der Waals surface area contributed by atoms with E-state index in [1.165, 1.54) is 4.57 Å². The van der Waals surface area contributed by atoms with Gasteiger partial charge < -0.3 is 5.11 Å². The number of hydrogen-bond donors (Lipinski definition) is 1. The molecule has 0 saturated heterocycles. The van der Waals surface area contributed by atoms with Crippen molar-refractivity contribution < 1.29 is 9.90 Å². The maximum absolute atomic E-state index is 12.1. The molecule has 25 heavy (non-hydrogen) atoms. The molecule has 0 saturated carbocycles. The summed E-state index contributed by atoms with van der Waals surface area (Å²) >= 11 is 3.45. The summed E-state index contributed by atoms with van der Waals surface area (Å²) in [5, 5.41) is 10.9. The number of halogens is 1. The normalized spacial score (nSPS) is 11.9. The molecule has 4 heteroatoms. The molecule has 0 unspecified atom stereocenters. The molecule has 1 heterocycles. The Balaban J connectivity index is 2.32. The van der Waals surface area contributed by atoms with Gasteiger partial charge in [0.25, 0.3) is 0 Å². The van der Waals surface area contributed by atoms with Gasteiger partial charge >= 0.3 is 6.09 Å². The van der Waals surface area contributed by atoms with E-state index < -0.39 is 6.09 Å². The number of carboxylic acid groups (broad SMARTS) is 1. The van der Waals surface area contributed by atoms with Crippen molar-refractivity contribution in [3.63, 3.8) is 0 Å². The minimum absolute atomic E-state index is 0.155. The lowest BCUT2D eigenvalue weighted by Gasteiger charge is -2.21. The van der Waals surface area contributed by atoms with Crippen molar-refractivity contribution in [3.8, 4) is 0 Å². The van der Waals surface area contributed by atoms with E-state index in [-0.39, 0.29) is 5.41 Å². The molecule has 3 aromatic rings. The van der Waals surface area contributed by atoms with Gasteiger partial charge in [-0.1, -0.05) is 60.5 Å². The molecular weight excluding hydrogens is 378 g/mol. The summed E-state index contributed by atoms with van der Waals surface area (Å²) in [6.07, 6.45) is -0.351. The van der Waals surface area contributed by atoms with E-state index in [9.17, 15) is 9.90 Å². The monoisotopic (exact) mass is 399 g/mol. The second-order valence-electron chi connectivity index (χ2n) is 7.51. The number of rotatable bonds is 2. The van der Waals surface area contributed by atoms with Gasteiger partial charge in [-0.2, -0.15) is 0 Å². The largest absolute Gasteiger partial charge is 0.464 e. The van der Waals surface area contributed by atoms with E-state index in [2.05, 4.69) is 42.8 Å². The van der Waals surface area contributed by atoms with Crippen LogP contribution >= 0.6 is 15.9 Å². The molecule has 0 amide bonds. The number of aryl methyl sites for hydroxylation is 1. The highest BCUT2D eigenvalue weighted by molar-refractivity contribution is 9.10. The van der Waals surface area contributed by atoms with Gasteiger partial charge in [0.05, 0.1) is 5.52 Å². The van der Waals surface area contributed by atoms with Crippen LogP contribution in [0.2, 0.25) is 0 Å². The van der Waals surface area contributed by atoms with Gasteiger partial charge in [0.2, 0.25) is 0 Å². The first-order valence-electron chi connectivity index (χ1n) is 8.30. The van der Waals surface area contributed by atoms with Crippen LogP contribution in [0.25, 0.3) is 10.9 Å². The lowest BCUT2D eigenvalue weighted by Crippen LogP contribution is -2.18. The molecule has 0 radical (unpaired) electrons. The summed E-state index contributed by atoms with van der Waals surface area (Å²) in [5.74, 6) is 0. The minimum Gasteiger partial charge on any atom is -0.464 e. The van der Waals surface area contributed by atoms with E-state index in [4.69, 9.17) is 0 Å². The van der Waals surface area contributed by atoms with E-state index in [0.717, 1.165) is 37.8 Å². The van der Waals surface area contributed by atoms with E-state index in [0.29, 0.717) is 6.42 Å². The predicted molar refractivity (Wildman–Crippen MR) is 106 cm³/mol. The third-order valence-electron chi connectivity index (χ3n) is 4.45. The molecule has 2 aromatic carbocycles. The zero-order valence-corrected chi connectivity index (χ0v) is 16.5. The molecule has 0 atom stereocenters. The molecule has 0 bridgehead atoms. The number of nitrogens with zero attached hydrogens (tertiary/aromatic N) is 1. The molecule has 3 nitrogen and oxygen atoms in total. The zero-order chi connectivity index (χ0) is 18.4. The number of benzene rings is 2. The fourth-order valence-electron chi connectivity index (χ4n) is 3.48. The van der Waals surface area contributed by atoms with Crippen molar-refractivity contribution >= 4 is 32.9 Å². The van der Waals surface area contributed by atoms with Gasteiger partial charge in [-0.15, -0.1) is 0 Å². The highest BCUT2D eigenvalue weighted by atomic mass is 79.9. The van der Waals surface area contributed by atoms with E-state index in [1.54, 1.807) is 0 Å². The first kappa shape index (κ1) is 17.7. The quantitative estimate of drug-likeness (QED) is 0.563. The third-order valence-corrected chi connectivity index (χ3v) is 4.98. The minimum atomic E-state index is -0.934. The first-order valence-corrected chi connectivity index (χ1v) is 9.10. The van der Waals surface area contributed by atoms with Gasteiger partial charge in [0, 0.05) is 22.0 Å². The Morgan fingerprint density at radius 3 is 2.32 bits per heavy atom. The Hall–Kier alpha value is -2.07. The van der Waals surface area contributed by atoms with Crippen molar-refractivity contribution in [2.75, 3.05) is 0 Å². The maximum atomic E-state index is 12.1. The Morgan fingerprint density at radius 1 is 1.12 bits per heavy atom. The van der Waals surface area contributed by atoms with Crippen LogP contribution in [-0.4, -0.2) is 15.8 Å². The molecule has 1 N–H and O–H groups in total. The highest BCUT2D eigenvalue weighted by Crippen LogP contribution is 2.37. The van der Waals surface area contributed by atoms with Crippen LogP contribution in [0.4, 0.5) is 4.79 Å².